The molecular formula is C37H33N. The number of aryl methyl sites for hydroxylation is 2. The minimum absolute atomic E-state index is 0.224. The van der Waals surface area contributed by atoms with Gasteiger partial charge in [-0.2, -0.15) is 0 Å². The maximum absolute atomic E-state index is 2.30. The molecule has 0 bridgehead atoms. The minimum Gasteiger partial charge on any atom is -0.311 e. The summed E-state index contributed by atoms with van der Waals surface area (Å²) >= 11 is 0. The summed E-state index contributed by atoms with van der Waals surface area (Å²) in [6.07, 6.45) is 8.72. The Morgan fingerprint density at radius 2 is 0.895 bits per heavy atom. The second-order valence-electron chi connectivity index (χ2n) is 9.64. The number of benzene rings is 5. The molecule has 0 spiro atoms. The van der Waals surface area contributed by atoms with Gasteiger partial charge in [-0.15, -0.1) is 0 Å². The molecule has 38 heavy (non-hydrogen) atoms. The summed E-state index contributed by atoms with van der Waals surface area (Å²) in [5, 5.41) is 0. The van der Waals surface area contributed by atoms with Crippen molar-refractivity contribution in [3.63, 3.8) is 0 Å². The molecule has 0 amide bonds. The van der Waals surface area contributed by atoms with Gasteiger partial charge in [0, 0.05) is 23.0 Å². The first-order valence-corrected chi connectivity index (χ1v) is 13.2. The Morgan fingerprint density at radius 1 is 0.474 bits per heavy atom. The minimum atomic E-state index is 0.224. The number of nitrogens with zero attached hydrogens (tertiary/aromatic N) is 1. The van der Waals surface area contributed by atoms with E-state index in [0.29, 0.717) is 0 Å². The quantitative estimate of drug-likeness (QED) is 0.195. The SMILES string of the molecule is Cc1ccc(N(c2ccc(C)cc2)c2ccc(C=CC=CC(c3ccccc3)c3ccccc3)cc2)cc1. The van der Waals surface area contributed by atoms with E-state index in [1.54, 1.807) is 0 Å². The third-order valence-corrected chi connectivity index (χ3v) is 6.76. The molecule has 0 N–H and O–H groups in total. The maximum Gasteiger partial charge on any atom is 0.0462 e. The van der Waals surface area contributed by atoms with Crippen LogP contribution in [0.3, 0.4) is 0 Å². The molecule has 0 aromatic heterocycles. The molecule has 0 unspecified atom stereocenters. The van der Waals surface area contributed by atoms with Gasteiger partial charge < -0.3 is 4.90 Å². The fourth-order valence-electron chi connectivity index (χ4n) is 4.65. The van der Waals surface area contributed by atoms with Crippen molar-refractivity contribution >= 4 is 23.1 Å². The highest BCUT2D eigenvalue weighted by molar-refractivity contribution is 5.77. The second-order valence-corrected chi connectivity index (χ2v) is 9.64. The first kappa shape index (κ1) is 25.0. The van der Waals surface area contributed by atoms with Crippen LogP contribution in [0.5, 0.6) is 0 Å². The smallest absolute Gasteiger partial charge is 0.0462 e. The predicted molar refractivity (Wildman–Crippen MR) is 163 cm³/mol. The Hall–Kier alpha value is -4.62. The zero-order valence-corrected chi connectivity index (χ0v) is 22.0. The highest BCUT2D eigenvalue weighted by atomic mass is 15.1. The number of rotatable bonds is 8. The lowest BCUT2D eigenvalue weighted by molar-refractivity contribution is 1.03. The van der Waals surface area contributed by atoms with Crippen molar-refractivity contribution in [1.29, 1.82) is 0 Å². The summed E-state index contributed by atoms with van der Waals surface area (Å²) in [5.74, 6) is 0.224. The summed E-state index contributed by atoms with van der Waals surface area (Å²) in [7, 11) is 0. The van der Waals surface area contributed by atoms with Crippen LogP contribution in [0.4, 0.5) is 17.1 Å². The van der Waals surface area contributed by atoms with Gasteiger partial charge in [0.25, 0.3) is 0 Å². The van der Waals surface area contributed by atoms with E-state index in [0.717, 1.165) is 17.1 Å². The molecule has 0 aliphatic carbocycles. The van der Waals surface area contributed by atoms with Crippen LogP contribution >= 0.6 is 0 Å². The van der Waals surface area contributed by atoms with Crippen LogP contribution in [0.15, 0.2) is 152 Å². The number of hydrogen-bond acceptors (Lipinski definition) is 1. The Kier molecular flexibility index (Phi) is 7.96. The molecule has 5 aromatic carbocycles. The maximum atomic E-state index is 2.30. The van der Waals surface area contributed by atoms with Crippen molar-refractivity contribution in [2.75, 3.05) is 4.90 Å². The molecule has 0 saturated carbocycles. The molecule has 0 fully saturated rings. The molecule has 0 aliphatic heterocycles. The third kappa shape index (κ3) is 6.19. The summed E-state index contributed by atoms with van der Waals surface area (Å²) in [6.45, 7) is 4.25. The Bertz CT molecular complexity index is 1390. The van der Waals surface area contributed by atoms with Crippen molar-refractivity contribution in [3.05, 3.63) is 180 Å². The lowest BCUT2D eigenvalue weighted by atomic mass is 9.91. The van der Waals surface area contributed by atoms with E-state index >= 15 is 0 Å². The van der Waals surface area contributed by atoms with E-state index < -0.39 is 0 Å². The molecule has 0 radical (unpaired) electrons. The monoisotopic (exact) mass is 491 g/mol. The van der Waals surface area contributed by atoms with E-state index in [2.05, 4.69) is 177 Å². The topological polar surface area (TPSA) is 3.24 Å². The Balaban J connectivity index is 1.36. The van der Waals surface area contributed by atoms with E-state index in [9.17, 15) is 0 Å². The van der Waals surface area contributed by atoms with Crippen LogP contribution in [-0.2, 0) is 0 Å². The van der Waals surface area contributed by atoms with Crippen molar-refractivity contribution in [2.45, 2.75) is 19.8 Å². The number of anilines is 3. The first-order valence-electron chi connectivity index (χ1n) is 13.2. The highest BCUT2D eigenvalue weighted by Crippen LogP contribution is 2.35. The molecule has 5 rings (SSSR count). The fraction of sp³-hybridized carbons (Fsp3) is 0.0811. The zero-order valence-electron chi connectivity index (χ0n) is 22.0. The standard InChI is InChI=1S/C37H33N/c1-29-17-23-34(24-18-29)38(35-25-19-30(2)20-26-35)36-27-21-31(22-28-36)11-9-10-16-37(32-12-5-3-6-13-32)33-14-7-4-8-15-33/h3-28,37H,1-2H3. The molecule has 0 saturated heterocycles. The van der Waals surface area contributed by atoms with Gasteiger partial charge in [0.2, 0.25) is 0 Å². The molecule has 0 heterocycles. The second kappa shape index (κ2) is 12.1. The van der Waals surface area contributed by atoms with Crippen LogP contribution in [0.25, 0.3) is 6.08 Å². The molecule has 1 heteroatoms. The van der Waals surface area contributed by atoms with Crippen LogP contribution in [-0.4, -0.2) is 0 Å². The molecule has 186 valence electrons. The van der Waals surface area contributed by atoms with Crippen molar-refractivity contribution in [3.8, 4) is 0 Å². The van der Waals surface area contributed by atoms with Gasteiger partial charge in [0.1, 0.15) is 0 Å². The van der Waals surface area contributed by atoms with E-state index in [1.165, 1.54) is 27.8 Å². The van der Waals surface area contributed by atoms with Gasteiger partial charge in [-0.3, -0.25) is 0 Å². The van der Waals surface area contributed by atoms with Gasteiger partial charge in [-0.25, -0.2) is 0 Å². The van der Waals surface area contributed by atoms with Crippen LogP contribution in [0.1, 0.15) is 33.7 Å². The van der Waals surface area contributed by atoms with Crippen LogP contribution in [0.2, 0.25) is 0 Å². The molecule has 0 aliphatic rings. The summed E-state index contributed by atoms with van der Waals surface area (Å²) in [5.41, 5.74) is 9.71. The molecule has 5 aromatic rings. The first-order chi connectivity index (χ1) is 18.7. The van der Waals surface area contributed by atoms with E-state index in [1.807, 2.05) is 0 Å². The largest absolute Gasteiger partial charge is 0.311 e. The third-order valence-electron chi connectivity index (χ3n) is 6.76. The fourth-order valence-corrected chi connectivity index (χ4v) is 4.65. The molecule has 0 atom stereocenters. The average molecular weight is 492 g/mol. The van der Waals surface area contributed by atoms with E-state index in [4.69, 9.17) is 0 Å². The van der Waals surface area contributed by atoms with Crippen molar-refractivity contribution < 1.29 is 0 Å². The average Bonchev–Trinajstić information content (AvgIpc) is 2.97. The van der Waals surface area contributed by atoms with Gasteiger partial charge in [0.15, 0.2) is 0 Å². The Morgan fingerprint density at radius 3 is 1.34 bits per heavy atom. The highest BCUT2D eigenvalue weighted by Gasteiger charge is 2.12. The summed E-state index contributed by atoms with van der Waals surface area (Å²) < 4.78 is 0. The number of allylic oxidation sites excluding steroid dienone is 3. The van der Waals surface area contributed by atoms with Crippen molar-refractivity contribution in [1.82, 2.24) is 0 Å². The number of hydrogen-bond donors (Lipinski definition) is 0. The normalized spacial score (nSPS) is 11.4. The van der Waals surface area contributed by atoms with E-state index in [-0.39, 0.29) is 5.92 Å². The Labute approximate surface area is 227 Å². The lowest BCUT2D eigenvalue weighted by Gasteiger charge is -2.25. The van der Waals surface area contributed by atoms with Gasteiger partial charge in [-0.05, 0) is 66.9 Å². The molecular weight excluding hydrogens is 458 g/mol. The summed E-state index contributed by atoms with van der Waals surface area (Å²) in [4.78, 5) is 2.30. The van der Waals surface area contributed by atoms with Crippen LogP contribution < -0.4 is 4.90 Å². The molecule has 1 nitrogen and oxygen atoms in total. The van der Waals surface area contributed by atoms with Gasteiger partial charge >= 0.3 is 0 Å². The predicted octanol–water partition coefficient (Wildman–Crippen LogP) is 10.2. The van der Waals surface area contributed by atoms with Gasteiger partial charge in [-0.1, -0.05) is 132 Å². The van der Waals surface area contributed by atoms with Crippen molar-refractivity contribution in [2.24, 2.45) is 0 Å². The van der Waals surface area contributed by atoms with Gasteiger partial charge in [0.05, 0.1) is 0 Å². The zero-order chi connectivity index (χ0) is 26.2. The summed E-state index contributed by atoms with van der Waals surface area (Å²) in [6, 6.07) is 47.5. The van der Waals surface area contributed by atoms with Crippen LogP contribution in [0, 0.1) is 13.8 Å². The lowest BCUT2D eigenvalue weighted by Crippen LogP contribution is -2.09.